The Morgan fingerprint density at radius 1 is 1.24 bits per heavy atom. The van der Waals surface area contributed by atoms with Crippen LogP contribution in [-0.2, 0) is 0 Å². The van der Waals surface area contributed by atoms with Crippen LogP contribution in [0.5, 0.6) is 0 Å². The molecule has 0 spiro atoms. The van der Waals surface area contributed by atoms with E-state index in [1.165, 1.54) is 0 Å². The van der Waals surface area contributed by atoms with Crippen LogP contribution in [0.2, 0.25) is 0 Å². The number of pyridine rings is 1. The Bertz CT molecular complexity index is 807. The quantitative estimate of drug-likeness (QED) is 0.798. The van der Waals surface area contributed by atoms with Crippen molar-refractivity contribution in [3.8, 4) is 0 Å². The number of benzene rings is 1. The molecular weight excluding hydrogens is 266 g/mol. The molecule has 1 fully saturated rings. The van der Waals surface area contributed by atoms with Crippen LogP contribution in [0, 0.1) is 0 Å². The highest BCUT2D eigenvalue weighted by Gasteiger charge is 2.28. The Kier molecular flexibility index (Phi) is 2.70. The predicted octanol–water partition coefficient (Wildman–Crippen LogP) is 3.35. The Balaban J connectivity index is 1.60. The molecule has 5 nitrogen and oxygen atoms in total. The third-order valence-electron chi connectivity index (χ3n) is 3.49. The first-order valence-electron chi connectivity index (χ1n) is 6.92. The van der Waals surface area contributed by atoms with Crippen molar-refractivity contribution in [2.24, 2.45) is 0 Å². The van der Waals surface area contributed by atoms with Gasteiger partial charge in [-0.3, -0.25) is 9.78 Å². The van der Waals surface area contributed by atoms with Crippen molar-refractivity contribution in [2.75, 3.05) is 5.32 Å². The second-order valence-corrected chi connectivity index (χ2v) is 5.18. The van der Waals surface area contributed by atoms with Crippen molar-refractivity contribution < 1.29 is 9.21 Å². The molecule has 3 aromatic rings. The van der Waals surface area contributed by atoms with Gasteiger partial charge in [-0.25, -0.2) is 4.98 Å². The minimum Gasteiger partial charge on any atom is -0.440 e. The zero-order valence-electron chi connectivity index (χ0n) is 11.2. The van der Waals surface area contributed by atoms with Crippen LogP contribution >= 0.6 is 0 Å². The van der Waals surface area contributed by atoms with Crippen LogP contribution < -0.4 is 5.32 Å². The van der Waals surface area contributed by atoms with Gasteiger partial charge in [0, 0.05) is 17.8 Å². The summed E-state index contributed by atoms with van der Waals surface area (Å²) in [6.07, 6.45) is 3.89. The molecule has 0 aliphatic heterocycles. The average molecular weight is 279 g/mol. The summed E-state index contributed by atoms with van der Waals surface area (Å²) in [6, 6.07) is 10.7. The van der Waals surface area contributed by atoms with Crippen molar-refractivity contribution in [1.29, 1.82) is 0 Å². The van der Waals surface area contributed by atoms with Crippen LogP contribution in [0.3, 0.4) is 0 Å². The standard InChI is InChI=1S/C16H13N3O2/c20-15(12-3-1-2-8-17-12)18-11-6-7-14-13(9-11)19-16(21-14)10-4-5-10/h1-3,6-10H,4-5H2,(H,18,20). The predicted molar refractivity (Wildman–Crippen MR) is 78.2 cm³/mol. The highest BCUT2D eigenvalue weighted by molar-refractivity contribution is 6.03. The maximum absolute atomic E-state index is 12.1. The first-order valence-corrected chi connectivity index (χ1v) is 6.92. The molecule has 5 heteroatoms. The van der Waals surface area contributed by atoms with Crippen LogP contribution in [-0.4, -0.2) is 15.9 Å². The highest BCUT2D eigenvalue weighted by Crippen LogP contribution is 2.40. The number of aromatic nitrogens is 2. The Labute approximate surface area is 121 Å². The first kappa shape index (κ1) is 12.1. The molecule has 0 radical (unpaired) electrons. The number of rotatable bonds is 3. The van der Waals surface area contributed by atoms with Gasteiger partial charge in [-0.05, 0) is 43.2 Å². The molecule has 1 aliphatic rings. The number of hydrogen-bond acceptors (Lipinski definition) is 4. The maximum Gasteiger partial charge on any atom is 0.274 e. The third kappa shape index (κ3) is 2.38. The first-order chi connectivity index (χ1) is 10.3. The van der Waals surface area contributed by atoms with E-state index in [4.69, 9.17) is 4.42 Å². The van der Waals surface area contributed by atoms with E-state index in [1.54, 1.807) is 24.4 Å². The number of carbonyl (C=O) groups excluding carboxylic acids is 1. The normalized spacial score (nSPS) is 14.3. The van der Waals surface area contributed by atoms with E-state index in [1.807, 2.05) is 18.2 Å². The second kappa shape index (κ2) is 4.70. The highest BCUT2D eigenvalue weighted by atomic mass is 16.3. The van der Waals surface area contributed by atoms with E-state index >= 15 is 0 Å². The number of anilines is 1. The van der Waals surface area contributed by atoms with Gasteiger partial charge in [0.05, 0.1) is 0 Å². The zero-order valence-corrected chi connectivity index (χ0v) is 11.2. The molecule has 4 rings (SSSR count). The van der Waals surface area contributed by atoms with E-state index < -0.39 is 0 Å². The molecule has 2 heterocycles. The lowest BCUT2D eigenvalue weighted by molar-refractivity contribution is 0.102. The van der Waals surface area contributed by atoms with Crippen molar-refractivity contribution in [3.63, 3.8) is 0 Å². The molecule has 21 heavy (non-hydrogen) atoms. The minimum atomic E-state index is -0.235. The number of hydrogen-bond donors (Lipinski definition) is 1. The van der Waals surface area contributed by atoms with Crippen LogP contribution in [0.4, 0.5) is 5.69 Å². The van der Waals surface area contributed by atoms with Gasteiger partial charge in [0.2, 0.25) is 0 Å². The van der Waals surface area contributed by atoms with E-state index in [9.17, 15) is 4.79 Å². The van der Waals surface area contributed by atoms with Gasteiger partial charge in [0.25, 0.3) is 5.91 Å². The fourth-order valence-corrected chi connectivity index (χ4v) is 2.22. The topological polar surface area (TPSA) is 68.0 Å². The number of amides is 1. The van der Waals surface area contributed by atoms with Crippen molar-refractivity contribution in [2.45, 2.75) is 18.8 Å². The monoisotopic (exact) mass is 279 g/mol. The number of oxazole rings is 1. The van der Waals surface area contributed by atoms with Gasteiger partial charge < -0.3 is 9.73 Å². The molecule has 1 aromatic carbocycles. The fraction of sp³-hybridized carbons (Fsp3) is 0.188. The van der Waals surface area contributed by atoms with E-state index in [-0.39, 0.29) is 5.91 Å². The van der Waals surface area contributed by atoms with E-state index in [0.717, 1.165) is 29.8 Å². The molecule has 0 bridgehead atoms. The zero-order chi connectivity index (χ0) is 14.2. The van der Waals surface area contributed by atoms with Gasteiger partial charge in [0.1, 0.15) is 11.2 Å². The SMILES string of the molecule is O=C(Nc1ccc2oc(C3CC3)nc2c1)c1ccccn1. The summed E-state index contributed by atoms with van der Waals surface area (Å²) < 4.78 is 5.70. The smallest absolute Gasteiger partial charge is 0.274 e. The summed E-state index contributed by atoms with van der Waals surface area (Å²) in [4.78, 5) is 20.6. The fourth-order valence-electron chi connectivity index (χ4n) is 2.22. The van der Waals surface area contributed by atoms with Crippen LogP contribution in [0.25, 0.3) is 11.1 Å². The molecule has 104 valence electrons. The maximum atomic E-state index is 12.1. The number of carbonyl (C=O) groups is 1. The van der Waals surface area contributed by atoms with E-state index in [0.29, 0.717) is 17.3 Å². The summed E-state index contributed by atoms with van der Waals surface area (Å²) in [5.41, 5.74) is 2.61. The molecule has 1 aliphatic carbocycles. The molecule has 1 amide bonds. The van der Waals surface area contributed by atoms with Crippen molar-refractivity contribution in [3.05, 3.63) is 54.2 Å². The molecule has 2 aromatic heterocycles. The van der Waals surface area contributed by atoms with Crippen LogP contribution in [0.1, 0.15) is 35.1 Å². The third-order valence-corrected chi connectivity index (χ3v) is 3.49. The van der Waals surface area contributed by atoms with Gasteiger partial charge >= 0.3 is 0 Å². The number of nitrogens with one attached hydrogen (secondary N) is 1. The van der Waals surface area contributed by atoms with Crippen LogP contribution in [0.15, 0.2) is 47.0 Å². The number of fused-ring (bicyclic) bond motifs is 1. The van der Waals surface area contributed by atoms with Crippen molar-refractivity contribution >= 4 is 22.7 Å². The molecule has 1 saturated carbocycles. The summed E-state index contributed by atoms with van der Waals surface area (Å²) in [7, 11) is 0. The summed E-state index contributed by atoms with van der Waals surface area (Å²) >= 11 is 0. The van der Waals surface area contributed by atoms with Crippen molar-refractivity contribution in [1.82, 2.24) is 9.97 Å². The second-order valence-electron chi connectivity index (χ2n) is 5.18. The number of nitrogens with zero attached hydrogens (tertiary/aromatic N) is 2. The molecule has 0 unspecified atom stereocenters. The Hall–Kier alpha value is -2.69. The molecule has 0 atom stereocenters. The molecule has 1 N–H and O–H groups in total. The van der Waals surface area contributed by atoms with Gasteiger partial charge in [-0.1, -0.05) is 6.07 Å². The lowest BCUT2D eigenvalue weighted by Crippen LogP contribution is -2.13. The Morgan fingerprint density at radius 2 is 2.14 bits per heavy atom. The van der Waals surface area contributed by atoms with Gasteiger partial charge in [0.15, 0.2) is 11.5 Å². The average Bonchev–Trinajstić information content (AvgIpc) is 3.28. The molecule has 0 saturated heterocycles. The summed E-state index contributed by atoms with van der Waals surface area (Å²) in [6.45, 7) is 0. The minimum absolute atomic E-state index is 0.235. The van der Waals surface area contributed by atoms with E-state index in [2.05, 4.69) is 15.3 Å². The lowest BCUT2D eigenvalue weighted by atomic mass is 10.2. The largest absolute Gasteiger partial charge is 0.440 e. The van der Waals surface area contributed by atoms with Gasteiger partial charge in [-0.15, -0.1) is 0 Å². The summed E-state index contributed by atoms with van der Waals surface area (Å²) in [5.74, 6) is 1.04. The summed E-state index contributed by atoms with van der Waals surface area (Å²) in [5, 5.41) is 2.82. The Morgan fingerprint density at radius 3 is 2.90 bits per heavy atom. The lowest BCUT2D eigenvalue weighted by Gasteiger charge is -2.03. The molecular formula is C16H13N3O2. The van der Waals surface area contributed by atoms with Gasteiger partial charge in [-0.2, -0.15) is 0 Å².